The first-order valence-corrected chi connectivity index (χ1v) is 9.65. The number of hydrogen-bond acceptors (Lipinski definition) is 4. The van der Waals surface area contributed by atoms with Gasteiger partial charge in [0.25, 0.3) is 10.0 Å². The number of rotatable bonds is 4. The SMILES string of the molecule is COC(=O)c1c(NS(=O)(=O)c2ccc(Cl)cc2)[nH]c2cc(Br)ccc12. The van der Waals surface area contributed by atoms with E-state index in [2.05, 4.69) is 25.6 Å². The molecule has 0 radical (unpaired) electrons. The number of aromatic nitrogens is 1. The van der Waals surface area contributed by atoms with Crippen molar-refractivity contribution in [2.24, 2.45) is 0 Å². The molecule has 0 spiro atoms. The van der Waals surface area contributed by atoms with E-state index < -0.39 is 16.0 Å². The number of sulfonamides is 1. The lowest BCUT2D eigenvalue weighted by molar-refractivity contribution is 0.0604. The van der Waals surface area contributed by atoms with E-state index >= 15 is 0 Å². The molecule has 0 fully saturated rings. The largest absolute Gasteiger partial charge is 0.465 e. The van der Waals surface area contributed by atoms with Crippen molar-refractivity contribution in [3.63, 3.8) is 0 Å². The molecule has 0 amide bonds. The van der Waals surface area contributed by atoms with Crippen LogP contribution in [-0.2, 0) is 14.8 Å². The van der Waals surface area contributed by atoms with Gasteiger partial charge in [-0.3, -0.25) is 4.72 Å². The first-order valence-electron chi connectivity index (χ1n) is 7.00. The molecule has 1 heterocycles. The van der Waals surface area contributed by atoms with Gasteiger partial charge in [-0.2, -0.15) is 0 Å². The Balaban J connectivity index is 2.11. The topological polar surface area (TPSA) is 88.3 Å². The molecule has 2 aromatic carbocycles. The molecule has 25 heavy (non-hydrogen) atoms. The zero-order valence-electron chi connectivity index (χ0n) is 12.8. The van der Waals surface area contributed by atoms with Gasteiger partial charge >= 0.3 is 5.97 Å². The third-order valence-corrected chi connectivity index (χ3v) is 5.62. The Bertz CT molecular complexity index is 1060. The van der Waals surface area contributed by atoms with Gasteiger partial charge in [-0.1, -0.05) is 33.6 Å². The quantitative estimate of drug-likeness (QED) is 0.592. The van der Waals surface area contributed by atoms with Crippen molar-refractivity contribution in [2.75, 3.05) is 11.8 Å². The van der Waals surface area contributed by atoms with E-state index in [1.54, 1.807) is 18.2 Å². The van der Waals surface area contributed by atoms with E-state index in [0.29, 0.717) is 15.9 Å². The van der Waals surface area contributed by atoms with Crippen molar-refractivity contribution in [2.45, 2.75) is 4.90 Å². The zero-order valence-corrected chi connectivity index (χ0v) is 16.0. The third kappa shape index (κ3) is 3.51. The van der Waals surface area contributed by atoms with Gasteiger partial charge < -0.3 is 9.72 Å². The number of fused-ring (bicyclic) bond motifs is 1. The van der Waals surface area contributed by atoms with Crippen molar-refractivity contribution in [1.29, 1.82) is 0 Å². The third-order valence-electron chi connectivity index (χ3n) is 3.51. The Labute approximate surface area is 157 Å². The fourth-order valence-corrected chi connectivity index (χ4v) is 3.89. The second-order valence-electron chi connectivity index (χ2n) is 5.12. The zero-order chi connectivity index (χ0) is 18.2. The van der Waals surface area contributed by atoms with Crippen molar-refractivity contribution < 1.29 is 17.9 Å². The highest BCUT2D eigenvalue weighted by Gasteiger charge is 2.24. The number of methoxy groups -OCH3 is 1. The maximum absolute atomic E-state index is 12.6. The Morgan fingerprint density at radius 1 is 1.20 bits per heavy atom. The predicted octanol–water partition coefficient (Wildman–Crippen LogP) is 4.17. The first kappa shape index (κ1) is 17.8. The standard InChI is InChI=1S/C16H12BrClN2O4S/c1-24-16(21)14-12-7-2-9(17)8-13(12)19-15(14)20-25(22,23)11-5-3-10(18)4-6-11/h2-8,19-20H,1H3. The van der Waals surface area contributed by atoms with Crippen LogP contribution in [0.1, 0.15) is 10.4 Å². The van der Waals surface area contributed by atoms with Crippen molar-refractivity contribution in [3.05, 3.63) is 57.5 Å². The van der Waals surface area contributed by atoms with Gasteiger partial charge in [0.05, 0.1) is 12.0 Å². The number of aromatic amines is 1. The lowest BCUT2D eigenvalue weighted by Gasteiger charge is -2.08. The highest BCUT2D eigenvalue weighted by Crippen LogP contribution is 2.30. The van der Waals surface area contributed by atoms with Crippen LogP contribution in [0.5, 0.6) is 0 Å². The lowest BCUT2D eigenvalue weighted by Crippen LogP contribution is -2.15. The van der Waals surface area contributed by atoms with E-state index in [1.165, 1.54) is 31.4 Å². The van der Waals surface area contributed by atoms with Gasteiger partial charge in [0.15, 0.2) is 0 Å². The molecule has 3 aromatic rings. The molecular weight excluding hydrogens is 432 g/mol. The molecule has 0 atom stereocenters. The fraction of sp³-hybridized carbons (Fsp3) is 0.0625. The Hall–Kier alpha value is -2.03. The smallest absolute Gasteiger partial charge is 0.342 e. The van der Waals surface area contributed by atoms with Crippen LogP contribution in [-0.4, -0.2) is 26.5 Å². The molecule has 0 saturated carbocycles. The highest BCUT2D eigenvalue weighted by atomic mass is 79.9. The summed E-state index contributed by atoms with van der Waals surface area (Å²) in [5.74, 6) is -0.614. The predicted molar refractivity (Wildman–Crippen MR) is 99.6 cm³/mol. The average molecular weight is 444 g/mol. The van der Waals surface area contributed by atoms with Crippen LogP contribution < -0.4 is 4.72 Å². The number of hydrogen-bond donors (Lipinski definition) is 2. The van der Waals surface area contributed by atoms with Crippen LogP contribution in [0, 0.1) is 0 Å². The maximum atomic E-state index is 12.6. The van der Waals surface area contributed by atoms with E-state index in [1.807, 2.05) is 0 Å². The Morgan fingerprint density at radius 2 is 1.88 bits per heavy atom. The van der Waals surface area contributed by atoms with Gasteiger partial charge in [-0.15, -0.1) is 0 Å². The van der Waals surface area contributed by atoms with E-state index in [-0.39, 0.29) is 16.3 Å². The van der Waals surface area contributed by atoms with Gasteiger partial charge in [0.2, 0.25) is 0 Å². The van der Waals surface area contributed by atoms with E-state index in [4.69, 9.17) is 16.3 Å². The summed E-state index contributed by atoms with van der Waals surface area (Å²) in [6, 6.07) is 10.9. The Morgan fingerprint density at radius 3 is 2.52 bits per heavy atom. The number of esters is 1. The van der Waals surface area contributed by atoms with Crippen molar-refractivity contribution >= 4 is 60.2 Å². The number of nitrogens with one attached hydrogen (secondary N) is 2. The number of carbonyl (C=O) groups excluding carboxylic acids is 1. The summed E-state index contributed by atoms with van der Waals surface area (Å²) in [6.07, 6.45) is 0. The molecule has 0 unspecified atom stereocenters. The molecule has 6 nitrogen and oxygen atoms in total. The van der Waals surface area contributed by atoms with Gasteiger partial charge in [0, 0.05) is 20.4 Å². The summed E-state index contributed by atoms with van der Waals surface area (Å²) in [7, 11) is -2.68. The van der Waals surface area contributed by atoms with Crippen LogP contribution in [0.15, 0.2) is 51.8 Å². The summed E-state index contributed by atoms with van der Waals surface area (Å²) < 4.78 is 33.1. The van der Waals surface area contributed by atoms with Crippen LogP contribution in [0.25, 0.3) is 10.9 Å². The maximum Gasteiger partial charge on any atom is 0.342 e. The molecule has 1 aromatic heterocycles. The fourth-order valence-electron chi connectivity index (χ4n) is 2.37. The van der Waals surface area contributed by atoms with E-state index in [9.17, 15) is 13.2 Å². The number of anilines is 1. The van der Waals surface area contributed by atoms with Gasteiger partial charge in [-0.05, 0) is 36.4 Å². The summed E-state index contributed by atoms with van der Waals surface area (Å²) in [5, 5.41) is 0.966. The average Bonchev–Trinajstić information content (AvgIpc) is 2.90. The van der Waals surface area contributed by atoms with Gasteiger partial charge in [-0.25, -0.2) is 13.2 Å². The van der Waals surface area contributed by atoms with Crippen LogP contribution >= 0.6 is 27.5 Å². The lowest BCUT2D eigenvalue weighted by atomic mass is 10.1. The molecule has 0 saturated heterocycles. The highest BCUT2D eigenvalue weighted by molar-refractivity contribution is 9.10. The number of H-pyrrole nitrogens is 1. The molecule has 9 heteroatoms. The molecule has 2 N–H and O–H groups in total. The normalized spacial score (nSPS) is 11.5. The number of ether oxygens (including phenoxy) is 1. The molecule has 0 aliphatic rings. The molecule has 0 aliphatic carbocycles. The molecule has 130 valence electrons. The van der Waals surface area contributed by atoms with Crippen LogP contribution in [0.3, 0.4) is 0 Å². The first-order chi connectivity index (χ1) is 11.8. The van der Waals surface area contributed by atoms with Crippen molar-refractivity contribution in [3.8, 4) is 0 Å². The van der Waals surface area contributed by atoms with E-state index in [0.717, 1.165) is 4.47 Å². The molecular formula is C16H12BrClN2O4S. The van der Waals surface area contributed by atoms with Crippen LogP contribution in [0.4, 0.5) is 5.82 Å². The molecule has 0 aliphatic heterocycles. The summed E-state index contributed by atoms with van der Waals surface area (Å²) in [5.41, 5.74) is 0.700. The van der Waals surface area contributed by atoms with Crippen molar-refractivity contribution in [1.82, 2.24) is 4.98 Å². The summed E-state index contributed by atoms with van der Waals surface area (Å²) in [6.45, 7) is 0. The number of halogens is 2. The second-order valence-corrected chi connectivity index (χ2v) is 8.15. The second kappa shape index (κ2) is 6.70. The Kier molecular flexibility index (Phi) is 4.77. The van der Waals surface area contributed by atoms with Crippen LogP contribution in [0.2, 0.25) is 5.02 Å². The molecule has 3 rings (SSSR count). The minimum atomic E-state index is -3.91. The molecule has 0 bridgehead atoms. The minimum absolute atomic E-state index is 0.0209. The summed E-state index contributed by atoms with van der Waals surface area (Å²) >= 11 is 9.13. The monoisotopic (exact) mass is 442 g/mol. The number of benzene rings is 2. The summed E-state index contributed by atoms with van der Waals surface area (Å²) in [4.78, 5) is 15.1. The minimum Gasteiger partial charge on any atom is -0.465 e. The van der Waals surface area contributed by atoms with Gasteiger partial charge in [0.1, 0.15) is 11.4 Å². The number of carbonyl (C=O) groups is 1.